The second kappa shape index (κ2) is 7.74. The van der Waals surface area contributed by atoms with Gasteiger partial charge in [0.25, 0.3) is 0 Å². The number of hydrogen-bond acceptors (Lipinski definition) is 4. The molecule has 1 aromatic rings. The third-order valence-corrected chi connectivity index (χ3v) is 4.16. The van der Waals surface area contributed by atoms with E-state index in [1.165, 1.54) is 32.1 Å². The fourth-order valence-electron chi connectivity index (χ4n) is 2.80. The highest BCUT2D eigenvalue weighted by molar-refractivity contribution is 4.91. The number of nitrogens with zero attached hydrogens (tertiary/aromatic N) is 4. The first kappa shape index (κ1) is 15.4. The maximum Gasteiger partial charge on any atom is 0.0964 e. The molecule has 0 unspecified atom stereocenters. The van der Waals surface area contributed by atoms with Crippen molar-refractivity contribution in [2.24, 2.45) is 0 Å². The van der Waals surface area contributed by atoms with Gasteiger partial charge in [0, 0.05) is 31.4 Å². The zero-order valence-electron chi connectivity index (χ0n) is 13.2. The van der Waals surface area contributed by atoms with Crippen LogP contribution in [0.25, 0.3) is 0 Å². The summed E-state index contributed by atoms with van der Waals surface area (Å²) in [5, 5.41) is 11.8. The molecule has 2 rings (SSSR count). The van der Waals surface area contributed by atoms with Gasteiger partial charge in [0.15, 0.2) is 0 Å². The van der Waals surface area contributed by atoms with Gasteiger partial charge in [0.05, 0.1) is 12.2 Å². The van der Waals surface area contributed by atoms with Gasteiger partial charge in [0.2, 0.25) is 0 Å². The topological polar surface area (TPSA) is 46.0 Å². The van der Waals surface area contributed by atoms with Gasteiger partial charge >= 0.3 is 0 Å². The number of aromatic nitrogens is 3. The van der Waals surface area contributed by atoms with Crippen molar-refractivity contribution in [2.45, 2.75) is 71.1 Å². The van der Waals surface area contributed by atoms with Crippen LogP contribution in [0, 0.1) is 0 Å². The van der Waals surface area contributed by atoms with E-state index in [9.17, 15) is 0 Å². The van der Waals surface area contributed by atoms with Crippen LogP contribution in [-0.2, 0) is 13.1 Å². The fourth-order valence-corrected chi connectivity index (χ4v) is 2.80. The minimum absolute atomic E-state index is 0.484. The predicted octanol–water partition coefficient (Wildman–Crippen LogP) is 2.04. The van der Waals surface area contributed by atoms with Crippen LogP contribution in [0.4, 0.5) is 0 Å². The van der Waals surface area contributed by atoms with Gasteiger partial charge in [-0.1, -0.05) is 38.3 Å². The van der Waals surface area contributed by atoms with Crippen LogP contribution in [0.1, 0.15) is 51.6 Å². The van der Waals surface area contributed by atoms with Crippen molar-refractivity contribution in [3.05, 3.63) is 11.9 Å². The van der Waals surface area contributed by atoms with E-state index in [1.807, 2.05) is 4.68 Å². The minimum atomic E-state index is 0.484. The Morgan fingerprint density at radius 1 is 1.35 bits per heavy atom. The molecule has 1 aliphatic rings. The van der Waals surface area contributed by atoms with E-state index in [1.54, 1.807) is 0 Å². The number of nitrogens with one attached hydrogen (secondary N) is 1. The van der Waals surface area contributed by atoms with Crippen molar-refractivity contribution in [3.8, 4) is 0 Å². The van der Waals surface area contributed by atoms with Crippen molar-refractivity contribution < 1.29 is 0 Å². The average Bonchev–Trinajstić information content (AvgIpc) is 2.91. The van der Waals surface area contributed by atoms with E-state index >= 15 is 0 Å². The SMILES string of the molecule is CC(C)NCc1cn(CCN(C)C2CCCCC2)nn1. The molecule has 1 saturated carbocycles. The summed E-state index contributed by atoms with van der Waals surface area (Å²) in [7, 11) is 2.24. The van der Waals surface area contributed by atoms with E-state index in [0.29, 0.717) is 6.04 Å². The highest BCUT2D eigenvalue weighted by Crippen LogP contribution is 2.21. The third-order valence-electron chi connectivity index (χ3n) is 4.16. The van der Waals surface area contributed by atoms with Crippen LogP contribution in [-0.4, -0.2) is 45.6 Å². The molecule has 1 heterocycles. The lowest BCUT2D eigenvalue weighted by molar-refractivity contribution is 0.183. The van der Waals surface area contributed by atoms with Crippen LogP contribution >= 0.6 is 0 Å². The Kier molecular flexibility index (Phi) is 5.98. The Labute approximate surface area is 122 Å². The van der Waals surface area contributed by atoms with Crippen LogP contribution < -0.4 is 5.32 Å². The quantitative estimate of drug-likeness (QED) is 0.829. The Balaban J connectivity index is 1.73. The lowest BCUT2D eigenvalue weighted by Crippen LogP contribution is -2.35. The molecule has 0 saturated heterocycles. The van der Waals surface area contributed by atoms with Crippen LogP contribution in [0.3, 0.4) is 0 Å². The molecule has 0 amide bonds. The highest BCUT2D eigenvalue weighted by atomic mass is 15.4. The summed E-state index contributed by atoms with van der Waals surface area (Å²) in [6.07, 6.45) is 8.98. The van der Waals surface area contributed by atoms with Gasteiger partial charge in [-0.05, 0) is 19.9 Å². The molecular weight excluding hydrogens is 250 g/mol. The summed E-state index contributed by atoms with van der Waals surface area (Å²) in [6.45, 7) is 7.08. The first-order valence-electron chi connectivity index (χ1n) is 7.98. The summed E-state index contributed by atoms with van der Waals surface area (Å²) in [5.74, 6) is 0. The van der Waals surface area contributed by atoms with Gasteiger partial charge in [-0.15, -0.1) is 5.10 Å². The predicted molar refractivity (Wildman–Crippen MR) is 81.5 cm³/mol. The molecule has 5 nitrogen and oxygen atoms in total. The Hall–Kier alpha value is -0.940. The Bertz CT molecular complexity index is 381. The molecular formula is C15H29N5. The monoisotopic (exact) mass is 279 g/mol. The van der Waals surface area contributed by atoms with E-state index in [4.69, 9.17) is 0 Å². The second-order valence-electron chi connectivity index (χ2n) is 6.28. The maximum atomic E-state index is 4.21. The standard InChI is InChI=1S/C15H29N5/c1-13(2)16-11-14-12-20(18-17-14)10-9-19(3)15-7-5-4-6-8-15/h12-13,15-16H,4-11H2,1-3H3. The van der Waals surface area contributed by atoms with Crippen molar-refractivity contribution in [3.63, 3.8) is 0 Å². The molecule has 0 bridgehead atoms. The number of rotatable bonds is 7. The summed E-state index contributed by atoms with van der Waals surface area (Å²) >= 11 is 0. The molecule has 1 aromatic heterocycles. The van der Waals surface area contributed by atoms with Crippen molar-refractivity contribution in [1.82, 2.24) is 25.2 Å². The van der Waals surface area contributed by atoms with E-state index < -0.39 is 0 Å². The van der Waals surface area contributed by atoms with Gasteiger partial charge in [-0.25, -0.2) is 0 Å². The highest BCUT2D eigenvalue weighted by Gasteiger charge is 2.17. The van der Waals surface area contributed by atoms with Gasteiger partial charge in [-0.2, -0.15) is 0 Å². The first-order valence-corrected chi connectivity index (χ1v) is 7.98. The molecule has 0 atom stereocenters. The summed E-state index contributed by atoms with van der Waals surface area (Å²) in [6, 6.07) is 1.26. The zero-order valence-corrected chi connectivity index (χ0v) is 13.2. The average molecular weight is 279 g/mol. The lowest BCUT2D eigenvalue weighted by atomic mass is 9.94. The summed E-state index contributed by atoms with van der Waals surface area (Å²) in [4.78, 5) is 2.49. The molecule has 0 spiro atoms. The van der Waals surface area contributed by atoms with Gasteiger partial charge < -0.3 is 10.2 Å². The third kappa shape index (κ3) is 4.87. The minimum Gasteiger partial charge on any atom is -0.309 e. The summed E-state index contributed by atoms with van der Waals surface area (Å²) < 4.78 is 1.97. The molecule has 114 valence electrons. The molecule has 0 radical (unpaired) electrons. The molecule has 5 heteroatoms. The van der Waals surface area contributed by atoms with Crippen molar-refractivity contribution in [2.75, 3.05) is 13.6 Å². The largest absolute Gasteiger partial charge is 0.309 e. The molecule has 1 fully saturated rings. The molecule has 20 heavy (non-hydrogen) atoms. The molecule has 1 aliphatic carbocycles. The first-order chi connectivity index (χ1) is 9.65. The second-order valence-corrected chi connectivity index (χ2v) is 6.28. The van der Waals surface area contributed by atoms with Crippen molar-refractivity contribution >= 4 is 0 Å². The van der Waals surface area contributed by atoms with Gasteiger partial charge in [-0.3, -0.25) is 4.68 Å². The van der Waals surface area contributed by atoms with E-state index in [2.05, 4.69) is 47.6 Å². The number of hydrogen-bond donors (Lipinski definition) is 1. The zero-order chi connectivity index (χ0) is 14.4. The van der Waals surface area contributed by atoms with E-state index in [-0.39, 0.29) is 0 Å². The van der Waals surface area contributed by atoms with Crippen LogP contribution in [0.15, 0.2) is 6.20 Å². The Morgan fingerprint density at radius 3 is 2.80 bits per heavy atom. The van der Waals surface area contributed by atoms with Crippen molar-refractivity contribution in [1.29, 1.82) is 0 Å². The molecule has 0 aromatic carbocycles. The smallest absolute Gasteiger partial charge is 0.0964 e. The fraction of sp³-hybridized carbons (Fsp3) is 0.867. The van der Waals surface area contributed by atoms with E-state index in [0.717, 1.165) is 31.4 Å². The normalized spacial score (nSPS) is 17.2. The Morgan fingerprint density at radius 2 is 2.10 bits per heavy atom. The molecule has 0 aliphatic heterocycles. The van der Waals surface area contributed by atoms with Gasteiger partial charge in [0.1, 0.15) is 0 Å². The molecule has 1 N–H and O–H groups in total. The maximum absolute atomic E-state index is 4.21. The number of likely N-dealkylation sites (N-methyl/N-ethyl adjacent to an activating group) is 1. The summed E-state index contributed by atoms with van der Waals surface area (Å²) in [5.41, 5.74) is 1.03. The van der Waals surface area contributed by atoms with Crippen LogP contribution in [0.5, 0.6) is 0 Å². The van der Waals surface area contributed by atoms with Crippen LogP contribution in [0.2, 0.25) is 0 Å². The lowest BCUT2D eigenvalue weighted by Gasteiger charge is -2.30.